The Morgan fingerprint density at radius 3 is 2.55 bits per heavy atom. The number of aryl methyl sites for hydroxylation is 1. The highest BCUT2D eigenvalue weighted by Crippen LogP contribution is 2.31. The topological polar surface area (TPSA) is 115 Å². The van der Waals surface area contributed by atoms with Crippen molar-refractivity contribution in [3.63, 3.8) is 0 Å². The molecule has 176 valence electrons. The van der Waals surface area contributed by atoms with E-state index in [9.17, 15) is 13.2 Å². The van der Waals surface area contributed by atoms with Crippen molar-refractivity contribution in [1.29, 1.82) is 0 Å². The molecule has 3 aromatic rings. The van der Waals surface area contributed by atoms with Crippen LogP contribution in [0.3, 0.4) is 0 Å². The highest BCUT2D eigenvalue weighted by molar-refractivity contribution is 7.98. The quantitative estimate of drug-likeness (QED) is 0.425. The van der Waals surface area contributed by atoms with Crippen LogP contribution in [0.1, 0.15) is 35.9 Å². The number of benzene rings is 2. The molecule has 0 spiro atoms. The first kappa shape index (κ1) is 24.7. The van der Waals surface area contributed by atoms with Gasteiger partial charge >= 0.3 is 0 Å². The maximum atomic E-state index is 13.1. The Morgan fingerprint density at radius 1 is 1.18 bits per heavy atom. The van der Waals surface area contributed by atoms with Gasteiger partial charge in [0.2, 0.25) is 15.9 Å². The number of amides is 1. The van der Waals surface area contributed by atoms with Crippen LogP contribution in [0.15, 0.2) is 56.8 Å². The molecule has 1 heterocycles. The zero-order valence-corrected chi connectivity index (χ0v) is 20.5. The number of nitrogens with one attached hydrogen (secondary N) is 1. The molecule has 3 rings (SSSR count). The molecule has 9 nitrogen and oxygen atoms in total. The molecule has 0 fully saturated rings. The van der Waals surface area contributed by atoms with E-state index in [0.717, 1.165) is 4.90 Å². The Morgan fingerprint density at radius 2 is 1.91 bits per heavy atom. The van der Waals surface area contributed by atoms with Crippen molar-refractivity contribution in [2.24, 2.45) is 0 Å². The van der Waals surface area contributed by atoms with Crippen LogP contribution in [-0.4, -0.2) is 49.0 Å². The molecule has 11 heteroatoms. The van der Waals surface area contributed by atoms with Gasteiger partial charge in [0.25, 0.3) is 5.91 Å². The van der Waals surface area contributed by atoms with Gasteiger partial charge in [0.1, 0.15) is 5.75 Å². The molecule has 1 amide bonds. The normalized spacial score (nSPS) is 11.5. The number of rotatable bonds is 10. The number of hydrogen-bond acceptors (Lipinski definition) is 8. The molecule has 0 saturated carbocycles. The summed E-state index contributed by atoms with van der Waals surface area (Å²) in [4.78, 5) is 18.1. The van der Waals surface area contributed by atoms with Crippen molar-refractivity contribution in [2.75, 3.05) is 25.5 Å². The first-order valence-corrected chi connectivity index (χ1v) is 12.7. The molecule has 0 unspecified atom stereocenters. The lowest BCUT2D eigenvalue weighted by atomic mass is 10.2. The monoisotopic (exact) mass is 490 g/mol. The maximum absolute atomic E-state index is 13.1. The molecule has 0 atom stereocenters. The standard InChI is InChI=1S/C22H26N4O5S2/c1-5-26(6-2)33(28,29)16-11-12-19(30-4)18(13-16)24-22(27)17-9-7-8-10-20(17)32-14-21-23-15(3)25-31-21/h7-13H,5-6,14H2,1-4H3,(H,24,27). The Hall–Kier alpha value is -2.89. The van der Waals surface area contributed by atoms with Gasteiger partial charge in [-0.05, 0) is 37.3 Å². The Balaban J connectivity index is 1.87. The minimum Gasteiger partial charge on any atom is -0.495 e. The van der Waals surface area contributed by atoms with E-state index in [2.05, 4.69) is 15.5 Å². The van der Waals surface area contributed by atoms with Crippen LogP contribution >= 0.6 is 11.8 Å². The lowest BCUT2D eigenvalue weighted by Crippen LogP contribution is -2.30. The Labute approximate surface area is 197 Å². The molecule has 0 aliphatic heterocycles. The zero-order chi connectivity index (χ0) is 24.0. The van der Waals surface area contributed by atoms with E-state index >= 15 is 0 Å². The minimum absolute atomic E-state index is 0.0803. The van der Waals surface area contributed by atoms with Crippen molar-refractivity contribution >= 4 is 33.4 Å². The Kier molecular flexibility index (Phi) is 8.11. The number of sulfonamides is 1. The average Bonchev–Trinajstić information content (AvgIpc) is 3.23. The lowest BCUT2D eigenvalue weighted by Gasteiger charge is -2.20. The number of carbonyl (C=O) groups is 1. The van der Waals surface area contributed by atoms with Gasteiger partial charge in [-0.2, -0.15) is 9.29 Å². The van der Waals surface area contributed by atoms with Gasteiger partial charge in [-0.1, -0.05) is 31.1 Å². The summed E-state index contributed by atoms with van der Waals surface area (Å²) >= 11 is 1.39. The molecular weight excluding hydrogens is 464 g/mol. The van der Waals surface area contributed by atoms with E-state index in [1.165, 1.54) is 41.4 Å². The van der Waals surface area contributed by atoms with Crippen LogP contribution in [0.25, 0.3) is 0 Å². The minimum atomic E-state index is -3.70. The molecule has 1 N–H and O–H groups in total. The molecule has 0 bridgehead atoms. The number of hydrogen-bond donors (Lipinski definition) is 1. The maximum Gasteiger partial charge on any atom is 0.256 e. The number of thioether (sulfide) groups is 1. The molecule has 0 radical (unpaired) electrons. The van der Waals surface area contributed by atoms with Crippen LogP contribution in [0, 0.1) is 6.92 Å². The lowest BCUT2D eigenvalue weighted by molar-refractivity contribution is 0.102. The summed E-state index contributed by atoms with van der Waals surface area (Å²) < 4.78 is 37.7. The number of anilines is 1. The van der Waals surface area contributed by atoms with Crippen molar-refractivity contribution in [1.82, 2.24) is 14.4 Å². The molecule has 2 aromatic carbocycles. The Bertz CT molecular complexity index is 1220. The predicted octanol–water partition coefficient (Wildman–Crippen LogP) is 3.96. The van der Waals surface area contributed by atoms with Crippen molar-refractivity contribution in [3.05, 3.63) is 59.7 Å². The van der Waals surface area contributed by atoms with Crippen LogP contribution in [-0.2, 0) is 15.8 Å². The van der Waals surface area contributed by atoms with Crippen molar-refractivity contribution in [3.8, 4) is 5.75 Å². The summed E-state index contributed by atoms with van der Waals surface area (Å²) in [6, 6.07) is 11.5. The number of ether oxygens (including phenoxy) is 1. The highest BCUT2D eigenvalue weighted by Gasteiger charge is 2.24. The predicted molar refractivity (Wildman–Crippen MR) is 126 cm³/mol. The van der Waals surface area contributed by atoms with Gasteiger partial charge in [0.05, 0.1) is 29.0 Å². The van der Waals surface area contributed by atoms with E-state index in [-0.39, 0.29) is 10.6 Å². The van der Waals surface area contributed by atoms with Gasteiger partial charge in [-0.15, -0.1) is 11.8 Å². The number of aromatic nitrogens is 2. The van der Waals surface area contributed by atoms with E-state index in [1.54, 1.807) is 32.9 Å². The van der Waals surface area contributed by atoms with Gasteiger partial charge in [0, 0.05) is 18.0 Å². The first-order chi connectivity index (χ1) is 15.8. The summed E-state index contributed by atoms with van der Waals surface area (Å²) in [5, 5.41) is 6.57. The van der Waals surface area contributed by atoms with Gasteiger partial charge in [-0.25, -0.2) is 8.42 Å². The number of carbonyl (C=O) groups excluding carboxylic acids is 1. The van der Waals surface area contributed by atoms with E-state index in [1.807, 2.05) is 12.1 Å². The number of methoxy groups -OCH3 is 1. The SMILES string of the molecule is CCN(CC)S(=O)(=O)c1ccc(OC)c(NC(=O)c2ccccc2SCc2nc(C)no2)c1. The first-order valence-electron chi connectivity index (χ1n) is 10.3. The average molecular weight is 491 g/mol. The second kappa shape index (κ2) is 10.8. The third-order valence-electron chi connectivity index (χ3n) is 4.81. The smallest absolute Gasteiger partial charge is 0.256 e. The highest BCUT2D eigenvalue weighted by atomic mass is 32.2. The summed E-state index contributed by atoms with van der Waals surface area (Å²) in [7, 11) is -2.24. The van der Waals surface area contributed by atoms with E-state index < -0.39 is 15.9 Å². The molecule has 0 aliphatic rings. The fraction of sp³-hybridized carbons (Fsp3) is 0.318. The summed E-state index contributed by atoms with van der Waals surface area (Å²) in [5.74, 6) is 1.38. The summed E-state index contributed by atoms with van der Waals surface area (Å²) in [5.41, 5.74) is 0.695. The van der Waals surface area contributed by atoms with E-state index in [0.29, 0.717) is 41.9 Å². The number of nitrogens with zero attached hydrogens (tertiary/aromatic N) is 3. The van der Waals surface area contributed by atoms with Crippen LogP contribution < -0.4 is 10.1 Å². The molecule has 0 aliphatic carbocycles. The fourth-order valence-electron chi connectivity index (χ4n) is 3.17. The fourth-order valence-corrected chi connectivity index (χ4v) is 5.54. The summed E-state index contributed by atoms with van der Waals surface area (Å²) in [6.07, 6.45) is 0. The molecular formula is C22H26N4O5S2. The van der Waals surface area contributed by atoms with Crippen LogP contribution in [0.4, 0.5) is 5.69 Å². The van der Waals surface area contributed by atoms with E-state index in [4.69, 9.17) is 9.26 Å². The third-order valence-corrected chi connectivity index (χ3v) is 7.92. The largest absolute Gasteiger partial charge is 0.495 e. The van der Waals surface area contributed by atoms with Crippen LogP contribution in [0.5, 0.6) is 5.75 Å². The van der Waals surface area contributed by atoms with Crippen molar-refractivity contribution < 1.29 is 22.5 Å². The molecule has 0 saturated heterocycles. The summed E-state index contributed by atoms with van der Waals surface area (Å²) in [6.45, 7) is 5.98. The van der Waals surface area contributed by atoms with Crippen LogP contribution in [0.2, 0.25) is 0 Å². The van der Waals surface area contributed by atoms with Crippen molar-refractivity contribution in [2.45, 2.75) is 36.3 Å². The zero-order valence-electron chi connectivity index (χ0n) is 18.9. The molecule has 1 aromatic heterocycles. The van der Waals surface area contributed by atoms with Gasteiger partial charge in [-0.3, -0.25) is 4.79 Å². The second-order valence-electron chi connectivity index (χ2n) is 6.93. The van der Waals surface area contributed by atoms with Gasteiger partial charge < -0.3 is 14.6 Å². The second-order valence-corrected chi connectivity index (χ2v) is 9.88. The molecule has 33 heavy (non-hydrogen) atoms. The third kappa shape index (κ3) is 5.73. The van der Waals surface area contributed by atoms with Gasteiger partial charge in [0.15, 0.2) is 5.82 Å².